The quantitative estimate of drug-likeness (QED) is 0.572. The molecule has 0 atom stereocenters. The standard InChI is InChI=1S/C20H21N7/c1-15-8-10-27(25-15)20-7-6-19(23-24-20)22-13-17-4-3-5-18(12-17)14-26-11-9-21-16(26)2/h3-12H,13-14H2,1-2H3,(H,22,23). The minimum absolute atomic E-state index is 0.686. The van der Waals surface area contributed by atoms with Crippen LogP contribution in [-0.2, 0) is 13.1 Å². The van der Waals surface area contributed by atoms with Crippen molar-refractivity contribution >= 4 is 5.82 Å². The molecule has 27 heavy (non-hydrogen) atoms. The molecule has 4 rings (SSSR count). The maximum Gasteiger partial charge on any atom is 0.175 e. The van der Waals surface area contributed by atoms with E-state index in [4.69, 9.17) is 0 Å². The van der Waals surface area contributed by atoms with Crippen molar-refractivity contribution in [1.82, 2.24) is 29.5 Å². The van der Waals surface area contributed by atoms with Gasteiger partial charge in [0.2, 0.25) is 0 Å². The number of hydrogen-bond donors (Lipinski definition) is 1. The fourth-order valence-electron chi connectivity index (χ4n) is 2.88. The number of hydrogen-bond acceptors (Lipinski definition) is 5. The second-order valence-electron chi connectivity index (χ2n) is 6.45. The van der Waals surface area contributed by atoms with Crippen LogP contribution in [-0.4, -0.2) is 29.5 Å². The third kappa shape index (κ3) is 4.03. The molecule has 0 aliphatic heterocycles. The number of anilines is 1. The number of imidazole rings is 1. The zero-order valence-corrected chi connectivity index (χ0v) is 15.4. The van der Waals surface area contributed by atoms with Gasteiger partial charge in [0.1, 0.15) is 11.6 Å². The molecule has 0 spiro atoms. The van der Waals surface area contributed by atoms with E-state index >= 15 is 0 Å². The molecule has 3 heterocycles. The summed E-state index contributed by atoms with van der Waals surface area (Å²) in [5.41, 5.74) is 3.38. The first-order valence-corrected chi connectivity index (χ1v) is 8.83. The SMILES string of the molecule is Cc1ccn(-c2ccc(NCc3cccc(Cn4ccnc4C)c3)nn2)n1. The van der Waals surface area contributed by atoms with Gasteiger partial charge in [-0.25, -0.2) is 9.67 Å². The molecule has 0 amide bonds. The minimum atomic E-state index is 0.686. The highest BCUT2D eigenvalue weighted by Gasteiger charge is 2.03. The number of nitrogens with zero attached hydrogens (tertiary/aromatic N) is 6. The average molecular weight is 359 g/mol. The van der Waals surface area contributed by atoms with Crippen LogP contribution in [0.2, 0.25) is 0 Å². The average Bonchev–Trinajstić information content (AvgIpc) is 3.29. The predicted molar refractivity (Wildman–Crippen MR) is 104 cm³/mol. The van der Waals surface area contributed by atoms with Crippen LogP contribution in [0, 0.1) is 13.8 Å². The molecule has 0 bridgehead atoms. The Balaban J connectivity index is 1.40. The van der Waals surface area contributed by atoms with Crippen molar-refractivity contribution in [2.75, 3.05) is 5.32 Å². The third-order valence-electron chi connectivity index (χ3n) is 4.35. The summed E-state index contributed by atoms with van der Waals surface area (Å²) >= 11 is 0. The van der Waals surface area contributed by atoms with Crippen LogP contribution >= 0.6 is 0 Å². The van der Waals surface area contributed by atoms with E-state index < -0.39 is 0 Å². The normalized spacial score (nSPS) is 10.9. The van der Waals surface area contributed by atoms with Crippen LogP contribution in [0.4, 0.5) is 5.82 Å². The van der Waals surface area contributed by atoms with Crippen molar-refractivity contribution in [1.29, 1.82) is 0 Å². The molecule has 3 aromatic heterocycles. The molecule has 1 N–H and O–H groups in total. The Hall–Kier alpha value is -3.48. The first kappa shape index (κ1) is 17.0. The zero-order chi connectivity index (χ0) is 18.6. The van der Waals surface area contributed by atoms with Gasteiger partial charge in [0.15, 0.2) is 5.82 Å². The fourth-order valence-corrected chi connectivity index (χ4v) is 2.88. The summed E-state index contributed by atoms with van der Waals surface area (Å²) in [7, 11) is 0. The third-order valence-corrected chi connectivity index (χ3v) is 4.35. The highest BCUT2D eigenvalue weighted by atomic mass is 15.3. The van der Waals surface area contributed by atoms with E-state index in [-0.39, 0.29) is 0 Å². The Labute approximate surface area is 157 Å². The lowest BCUT2D eigenvalue weighted by Crippen LogP contribution is -2.06. The van der Waals surface area contributed by atoms with Gasteiger partial charge in [-0.1, -0.05) is 24.3 Å². The number of nitrogens with one attached hydrogen (secondary N) is 1. The molecule has 0 saturated carbocycles. The van der Waals surface area contributed by atoms with E-state index in [0.717, 1.165) is 23.9 Å². The first-order chi connectivity index (χ1) is 13.2. The summed E-state index contributed by atoms with van der Waals surface area (Å²) in [5, 5.41) is 16.1. The number of aromatic nitrogens is 6. The maximum atomic E-state index is 4.34. The summed E-state index contributed by atoms with van der Waals surface area (Å²) in [5.74, 6) is 2.45. The molecule has 136 valence electrons. The number of benzene rings is 1. The van der Waals surface area contributed by atoms with Crippen molar-refractivity contribution in [2.45, 2.75) is 26.9 Å². The van der Waals surface area contributed by atoms with E-state index in [1.165, 1.54) is 11.1 Å². The van der Waals surface area contributed by atoms with Gasteiger partial charge < -0.3 is 9.88 Å². The van der Waals surface area contributed by atoms with Gasteiger partial charge in [0.25, 0.3) is 0 Å². The van der Waals surface area contributed by atoms with Crippen LogP contribution in [0.5, 0.6) is 0 Å². The summed E-state index contributed by atoms with van der Waals surface area (Å²) in [6.07, 6.45) is 5.70. The molecule has 1 aromatic carbocycles. The van der Waals surface area contributed by atoms with Crippen molar-refractivity contribution in [3.05, 3.63) is 83.7 Å². The summed E-state index contributed by atoms with van der Waals surface area (Å²) in [4.78, 5) is 4.27. The van der Waals surface area contributed by atoms with Crippen LogP contribution < -0.4 is 5.32 Å². The predicted octanol–water partition coefficient (Wildman–Crippen LogP) is 3.14. The van der Waals surface area contributed by atoms with Gasteiger partial charge >= 0.3 is 0 Å². The van der Waals surface area contributed by atoms with Crippen LogP contribution in [0.25, 0.3) is 5.82 Å². The molecule has 0 radical (unpaired) electrons. The van der Waals surface area contributed by atoms with E-state index in [1.807, 2.05) is 50.6 Å². The van der Waals surface area contributed by atoms with Gasteiger partial charge in [0, 0.05) is 31.7 Å². The topological polar surface area (TPSA) is 73.5 Å². The minimum Gasteiger partial charge on any atom is -0.365 e. The highest BCUT2D eigenvalue weighted by molar-refractivity contribution is 5.37. The van der Waals surface area contributed by atoms with Crippen molar-refractivity contribution in [2.24, 2.45) is 0 Å². The summed E-state index contributed by atoms with van der Waals surface area (Å²) < 4.78 is 3.85. The van der Waals surface area contributed by atoms with E-state index in [1.54, 1.807) is 4.68 Å². The molecule has 7 heteroatoms. The fraction of sp³-hybridized carbons (Fsp3) is 0.200. The molecule has 4 aromatic rings. The van der Waals surface area contributed by atoms with Crippen LogP contribution in [0.3, 0.4) is 0 Å². The van der Waals surface area contributed by atoms with Crippen molar-refractivity contribution in [3.63, 3.8) is 0 Å². The van der Waals surface area contributed by atoms with Gasteiger partial charge in [0.05, 0.1) is 5.69 Å². The molecule has 7 nitrogen and oxygen atoms in total. The smallest absolute Gasteiger partial charge is 0.175 e. The number of rotatable bonds is 6. The molecular weight excluding hydrogens is 338 g/mol. The van der Waals surface area contributed by atoms with Gasteiger partial charge in [-0.2, -0.15) is 5.10 Å². The largest absolute Gasteiger partial charge is 0.365 e. The molecule has 0 saturated heterocycles. The highest BCUT2D eigenvalue weighted by Crippen LogP contribution is 2.12. The van der Waals surface area contributed by atoms with Gasteiger partial charge in [-0.15, -0.1) is 10.2 Å². The lowest BCUT2D eigenvalue weighted by molar-refractivity contribution is 0.760. The lowest BCUT2D eigenvalue weighted by Gasteiger charge is -2.09. The Morgan fingerprint density at radius 1 is 0.963 bits per heavy atom. The second-order valence-corrected chi connectivity index (χ2v) is 6.45. The lowest BCUT2D eigenvalue weighted by atomic mass is 10.1. The van der Waals surface area contributed by atoms with Crippen molar-refractivity contribution in [3.8, 4) is 5.82 Å². The molecule has 0 fully saturated rings. The molecule has 0 aliphatic rings. The van der Waals surface area contributed by atoms with Crippen LogP contribution in [0.15, 0.2) is 61.1 Å². The van der Waals surface area contributed by atoms with E-state index in [2.05, 4.69) is 54.4 Å². The Morgan fingerprint density at radius 2 is 1.85 bits per heavy atom. The monoisotopic (exact) mass is 359 g/mol. The zero-order valence-electron chi connectivity index (χ0n) is 15.4. The Bertz CT molecular complexity index is 1030. The Kier molecular flexibility index (Phi) is 4.65. The molecule has 0 unspecified atom stereocenters. The van der Waals surface area contributed by atoms with Crippen LogP contribution in [0.1, 0.15) is 22.6 Å². The summed E-state index contributed by atoms with van der Waals surface area (Å²) in [6, 6.07) is 14.3. The van der Waals surface area contributed by atoms with E-state index in [9.17, 15) is 0 Å². The molecular formula is C20H21N7. The van der Waals surface area contributed by atoms with E-state index in [0.29, 0.717) is 12.4 Å². The van der Waals surface area contributed by atoms with Gasteiger partial charge in [-0.05, 0) is 43.2 Å². The maximum absolute atomic E-state index is 4.34. The Morgan fingerprint density at radius 3 is 2.56 bits per heavy atom. The first-order valence-electron chi connectivity index (χ1n) is 8.83. The second kappa shape index (κ2) is 7.41. The van der Waals surface area contributed by atoms with Crippen molar-refractivity contribution < 1.29 is 0 Å². The summed E-state index contributed by atoms with van der Waals surface area (Å²) in [6.45, 7) is 5.46. The van der Waals surface area contributed by atoms with Gasteiger partial charge in [-0.3, -0.25) is 0 Å². The number of aryl methyl sites for hydroxylation is 2. The molecule has 0 aliphatic carbocycles.